The highest BCUT2D eigenvalue weighted by Crippen LogP contribution is 2.33. The molecule has 0 N–H and O–H groups in total. The zero-order valence-corrected chi connectivity index (χ0v) is 21.2. The van der Waals surface area contributed by atoms with Crippen molar-refractivity contribution in [3.63, 3.8) is 0 Å². The van der Waals surface area contributed by atoms with E-state index in [0.717, 1.165) is 21.4 Å². The number of carbonyl (C=O) groups is 1. The Morgan fingerprint density at radius 2 is 1.61 bits per heavy atom. The third-order valence-corrected chi connectivity index (χ3v) is 8.31. The van der Waals surface area contributed by atoms with E-state index in [1.54, 1.807) is 23.1 Å². The predicted octanol–water partition coefficient (Wildman–Crippen LogP) is 2.86. The molecule has 198 valence electrons. The number of non-ortho nitro benzene ring substituents is 1. The van der Waals surface area contributed by atoms with E-state index in [1.807, 2.05) is 18.2 Å². The molecule has 2 aliphatic heterocycles. The molecule has 12 heteroatoms. The third-order valence-electron chi connectivity index (χ3n) is 6.53. The first-order valence-electron chi connectivity index (χ1n) is 12.0. The van der Waals surface area contributed by atoms with Gasteiger partial charge in [-0.3, -0.25) is 24.1 Å². The van der Waals surface area contributed by atoms with E-state index in [9.17, 15) is 23.3 Å². The molecule has 3 aromatic rings. The Kier molecular flexibility index (Phi) is 7.16. The average molecular weight is 539 g/mol. The number of sulfonamides is 1. The maximum atomic E-state index is 13.5. The van der Waals surface area contributed by atoms with Crippen molar-refractivity contribution in [1.29, 1.82) is 0 Å². The molecule has 0 spiro atoms. The number of nitro benzene ring substituents is 1. The van der Waals surface area contributed by atoms with E-state index in [-0.39, 0.29) is 29.0 Å². The molecule has 2 aliphatic rings. The van der Waals surface area contributed by atoms with E-state index >= 15 is 0 Å². The lowest BCUT2D eigenvalue weighted by Crippen LogP contribution is -2.51. The van der Waals surface area contributed by atoms with Crippen molar-refractivity contribution >= 4 is 27.3 Å². The summed E-state index contributed by atoms with van der Waals surface area (Å²) in [6.45, 7) is 2.64. The van der Waals surface area contributed by atoms with Gasteiger partial charge in [-0.1, -0.05) is 24.3 Å². The summed E-state index contributed by atoms with van der Waals surface area (Å²) in [5, 5.41) is 11.1. The minimum absolute atomic E-state index is 0.0275. The molecule has 3 aromatic carbocycles. The van der Waals surface area contributed by atoms with Gasteiger partial charge in [0, 0.05) is 44.9 Å². The number of fused-ring (bicyclic) bond motifs is 1. The Morgan fingerprint density at radius 1 is 0.921 bits per heavy atom. The van der Waals surface area contributed by atoms with Gasteiger partial charge >= 0.3 is 0 Å². The van der Waals surface area contributed by atoms with Gasteiger partial charge in [-0.25, -0.2) is 8.42 Å². The molecule has 5 rings (SSSR count). The highest BCUT2D eigenvalue weighted by Gasteiger charge is 2.30. The Balaban J connectivity index is 1.28. The second-order valence-electron chi connectivity index (χ2n) is 8.94. The van der Waals surface area contributed by atoms with Crippen LogP contribution in [0.5, 0.6) is 11.5 Å². The summed E-state index contributed by atoms with van der Waals surface area (Å²) in [5.74, 6) is 1.11. The average Bonchev–Trinajstić information content (AvgIpc) is 3.40. The number of piperazine rings is 1. The number of nitrogens with zero attached hydrogens (tertiary/aromatic N) is 4. The molecule has 1 fully saturated rings. The fourth-order valence-electron chi connectivity index (χ4n) is 4.45. The zero-order valence-electron chi connectivity index (χ0n) is 20.4. The van der Waals surface area contributed by atoms with Gasteiger partial charge in [0.25, 0.3) is 15.7 Å². The fraction of sp³-hybridized carbons (Fsp3) is 0.269. The van der Waals surface area contributed by atoms with Crippen molar-refractivity contribution in [2.75, 3.05) is 43.8 Å². The van der Waals surface area contributed by atoms with Gasteiger partial charge in [-0.15, -0.1) is 0 Å². The maximum Gasteiger partial charge on any atom is 0.269 e. The normalized spacial score (nSPS) is 15.3. The second kappa shape index (κ2) is 10.7. The van der Waals surface area contributed by atoms with E-state index in [0.29, 0.717) is 32.7 Å². The minimum Gasteiger partial charge on any atom is -0.454 e. The molecule has 11 nitrogen and oxygen atoms in total. The number of rotatable bonds is 8. The van der Waals surface area contributed by atoms with Crippen molar-refractivity contribution in [2.24, 2.45) is 0 Å². The van der Waals surface area contributed by atoms with Crippen molar-refractivity contribution in [3.05, 3.63) is 88.5 Å². The Bertz CT molecular complexity index is 1420. The summed E-state index contributed by atoms with van der Waals surface area (Å²) in [6.07, 6.45) is 0. The van der Waals surface area contributed by atoms with Crippen molar-refractivity contribution in [2.45, 2.75) is 11.4 Å². The van der Waals surface area contributed by atoms with Crippen LogP contribution in [-0.2, 0) is 21.4 Å². The topological polar surface area (TPSA) is 123 Å². The van der Waals surface area contributed by atoms with Crippen LogP contribution in [-0.4, -0.2) is 68.6 Å². The van der Waals surface area contributed by atoms with E-state index in [2.05, 4.69) is 4.90 Å². The first kappa shape index (κ1) is 25.5. The quantitative estimate of drug-likeness (QED) is 0.317. The Labute approximate surface area is 220 Å². The standard InChI is InChI=1S/C26H26N4O7S/c31-26(28-14-12-27(13-15-28)17-20-6-11-24-25(16-20)37-19-36-24)18-29(21-7-9-22(10-8-21)30(32)33)38(34,35)23-4-2-1-3-5-23/h1-11,16H,12-15,17-19H2. The van der Waals surface area contributed by atoms with Crippen LogP contribution < -0.4 is 13.8 Å². The largest absolute Gasteiger partial charge is 0.454 e. The number of hydrogen-bond donors (Lipinski definition) is 0. The molecule has 1 amide bonds. The summed E-state index contributed by atoms with van der Waals surface area (Å²) >= 11 is 0. The summed E-state index contributed by atoms with van der Waals surface area (Å²) in [5.41, 5.74) is 1.08. The molecule has 0 aliphatic carbocycles. The summed E-state index contributed by atoms with van der Waals surface area (Å²) in [4.78, 5) is 27.7. The SMILES string of the molecule is O=C(CN(c1ccc([N+](=O)[O-])cc1)S(=O)(=O)c1ccccc1)N1CCN(Cc2ccc3c(c2)OCO3)CC1. The summed E-state index contributed by atoms with van der Waals surface area (Å²) in [7, 11) is -4.09. The van der Waals surface area contributed by atoms with Gasteiger partial charge < -0.3 is 14.4 Å². The summed E-state index contributed by atoms with van der Waals surface area (Å²) in [6, 6.07) is 18.8. The van der Waals surface area contributed by atoms with Crippen LogP contribution in [0.2, 0.25) is 0 Å². The van der Waals surface area contributed by atoms with Gasteiger partial charge in [0.2, 0.25) is 12.7 Å². The summed E-state index contributed by atoms with van der Waals surface area (Å²) < 4.78 is 38.8. The van der Waals surface area contributed by atoms with Gasteiger partial charge in [0.15, 0.2) is 11.5 Å². The highest BCUT2D eigenvalue weighted by atomic mass is 32.2. The number of carbonyl (C=O) groups excluding carboxylic acids is 1. The fourth-order valence-corrected chi connectivity index (χ4v) is 5.89. The molecule has 1 saturated heterocycles. The number of ether oxygens (including phenoxy) is 2. The zero-order chi connectivity index (χ0) is 26.7. The second-order valence-corrected chi connectivity index (χ2v) is 10.8. The van der Waals surface area contributed by atoms with Gasteiger partial charge in [-0.2, -0.15) is 0 Å². The molecular formula is C26H26N4O7S. The van der Waals surface area contributed by atoms with Gasteiger partial charge in [0.1, 0.15) is 6.54 Å². The molecule has 0 unspecified atom stereocenters. The van der Waals surface area contributed by atoms with Crippen LogP contribution in [0.3, 0.4) is 0 Å². The van der Waals surface area contributed by atoms with E-state index in [4.69, 9.17) is 9.47 Å². The highest BCUT2D eigenvalue weighted by molar-refractivity contribution is 7.92. The van der Waals surface area contributed by atoms with Crippen molar-refractivity contribution in [1.82, 2.24) is 9.80 Å². The van der Waals surface area contributed by atoms with Crippen LogP contribution in [0.25, 0.3) is 0 Å². The van der Waals surface area contributed by atoms with E-state index < -0.39 is 21.5 Å². The lowest BCUT2D eigenvalue weighted by atomic mass is 10.1. The van der Waals surface area contributed by atoms with Crippen LogP contribution in [0, 0.1) is 10.1 Å². The lowest BCUT2D eigenvalue weighted by Gasteiger charge is -2.36. The predicted molar refractivity (Wildman–Crippen MR) is 138 cm³/mol. The minimum atomic E-state index is -4.09. The number of hydrogen-bond acceptors (Lipinski definition) is 8. The van der Waals surface area contributed by atoms with Crippen LogP contribution >= 0.6 is 0 Å². The van der Waals surface area contributed by atoms with Crippen LogP contribution in [0.4, 0.5) is 11.4 Å². The van der Waals surface area contributed by atoms with Crippen molar-refractivity contribution in [3.8, 4) is 11.5 Å². The molecule has 2 heterocycles. The van der Waals surface area contributed by atoms with E-state index in [1.165, 1.54) is 36.4 Å². The molecule has 0 saturated carbocycles. The maximum absolute atomic E-state index is 13.5. The number of amides is 1. The molecule has 0 radical (unpaired) electrons. The Hall–Kier alpha value is -4.16. The Morgan fingerprint density at radius 3 is 2.29 bits per heavy atom. The van der Waals surface area contributed by atoms with Crippen molar-refractivity contribution < 1.29 is 27.6 Å². The number of nitro groups is 1. The lowest BCUT2D eigenvalue weighted by molar-refractivity contribution is -0.384. The monoisotopic (exact) mass is 538 g/mol. The third kappa shape index (κ3) is 5.41. The molecule has 0 atom stereocenters. The first-order valence-corrected chi connectivity index (χ1v) is 13.5. The first-order chi connectivity index (χ1) is 18.3. The number of benzene rings is 3. The van der Waals surface area contributed by atoms with Crippen LogP contribution in [0.15, 0.2) is 77.7 Å². The molecule has 0 bridgehead atoms. The smallest absolute Gasteiger partial charge is 0.269 e. The van der Waals surface area contributed by atoms with Gasteiger partial charge in [-0.05, 0) is 42.0 Å². The number of anilines is 1. The molecule has 38 heavy (non-hydrogen) atoms. The molecule has 0 aromatic heterocycles. The molecular weight excluding hydrogens is 512 g/mol. The van der Waals surface area contributed by atoms with Crippen LogP contribution in [0.1, 0.15) is 5.56 Å². The van der Waals surface area contributed by atoms with Gasteiger partial charge in [0.05, 0.1) is 15.5 Å².